The molecule has 0 unspecified atom stereocenters. The maximum absolute atomic E-state index is 9.15. The molecule has 27 heavy (non-hydrogen) atoms. The van der Waals surface area contributed by atoms with E-state index in [1.54, 1.807) is 22.8 Å². The molecule has 0 saturated heterocycles. The maximum atomic E-state index is 9.15. The van der Waals surface area contributed by atoms with Gasteiger partial charge in [-0.1, -0.05) is 53.4 Å². The van der Waals surface area contributed by atoms with E-state index in [2.05, 4.69) is 32.6 Å². The highest BCUT2D eigenvalue weighted by Crippen LogP contribution is 2.22. The highest BCUT2D eigenvalue weighted by atomic mass is 32.2. The van der Waals surface area contributed by atoms with E-state index in [0.29, 0.717) is 0 Å². The van der Waals surface area contributed by atoms with Crippen LogP contribution in [0.15, 0.2) is 66.2 Å². The quantitative estimate of drug-likeness (QED) is 0.520. The van der Waals surface area contributed by atoms with Crippen LogP contribution >= 0.6 is 11.8 Å². The van der Waals surface area contributed by atoms with Crippen molar-refractivity contribution in [1.82, 2.24) is 29.8 Å². The first-order valence-corrected chi connectivity index (χ1v) is 9.40. The smallest absolute Gasteiger partial charge is 0.191 e. The van der Waals surface area contributed by atoms with Crippen molar-refractivity contribution < 1.29 is 5.11 Å². The van der Waals surface area contributed by atoms with Gasteiger partial charge in [0.1, 0.15) is 12.0 Å². The fraction of sp³-hybridized carbons (Fsp3) is 0.158. The van der Waals surface area contributed by atoms with Crippen molar-refractivity contribution in [2.24, 2.45) is 7.05 Å². The minimum atomic E-state index is 0.0338. The predicted octanol–water partition coefficient (Wildman–Crippen LogP) is 2.85. The average molecular weight is 378 g/mol. The van der Waals surface area contributed by atoms with Gasteiger partial charge in [0.05, 0.1) is 18.5 Å². The Labute approximate surface area is 160 Å². The summed E-state index contributed by atoms with van der Waals surface area (Å²) >= 11 is 1.64. The summed E-state index contributed by atoms with van der Waals surface area (Å²) in [6.07, 6.45) is 3.60. The fourth-order valence-electron chi connectivity index (χ4n) is 2.64. The van der Waals surface area contributed by atoms with Crippen molar-refractivity contribution in [3.8, 4) is 16.9 Å². The molecule has 136 valence electrons. The molecule has 0 amide bonds. The standard InChI is InChI=1S/C19H18N6OS/c1-24-13-20-22-19(24)27-12-15-3-2-4-17(9-15)25-10-18(21-23-25)16-7-5-14(11-26)6-8-16/h2-10,13,26H,11-12H2,1H3. The Morgan fingerprint density at radius 1 is 1.04 bits per heavy atom. The fourth-order valence-corrected chi connectivity index (χ4v) is 3.47. The number of aliphatic hydroxyl groups is 1. The Hall–Kier alpha value is -2.97. The molecule has 0 radical (unpaired) electrons. The number of hydrogen-bond donors (Lipinski definition) is 1. The first kappa shape index (κ1) is 17.4. The van der Waals surface area contributed by atoms with E-state index in [4.69, 9.17) is 5.11 Å². The third kappa shape index (κ3) is 3.91. The van der Waals surface area contributed by atoms with Gasteiger partial charge in [0.15, 0.2) is 5.16 Å². The number of hydrogen-bond acceptors (Lipinski definition) is 6. The van der Waals surface area contributed by atoms with Crippen molar-refractivity contribution >= 4 is 11.8 Å². The zero-order valence-corrected chi connectivity index (χ0v) is 15.5. The molecule has 0 fully saturated rings. The Morgan fingerprint density at radius 3 is 2.63 bits per heavy atom. The van der Waals surface area contributed by atoms with Crippen molar-refractivity contribution in [3.05, 3.63) is 72.2 Å². The Kier molecular flexibility index (Phi) is 4.99. The number of nitrogens with zero attached hydrogens (tertiary/aromatic N) is 6. The molecular weight excluding hydrogens is 360 g/mol. The van der Waals surface area contributed by atoms with E-state index in [1.165, 1.54) is 5.56 Å². The molecular formula is C19H18N6OS. The lowest BCUT2D eigenvalue weighted by Crippen LogP contribution is -1.96. The average Bonchev–Trinajstić information content (AvgIpc) is 3.36. The van der Waals surface area contributed by atoms with Crippen LogP contribution in [-0.4, -0.2) is 34.9 Å². The molecule has 0 atom stereocenters. The summed E-state index contributed by atoms with van der Waals surface area (Å²) in [5, 5.41) is 26.6. The van der Waals surface area contributed by atoms with Crippen molar-refractivity contribution in [3.63, 3.8) is 0 Å². The highest BCUT2D eigenvalue weighted by Gasteiger charge is 2.07. The van der Waals surface area contributed by atoms with Gasteiger partial charge < -0.3 is 9.67 Å². The van der Waals surface area contributed by atoms with Crippen molar-refractivity contribution in [2.45, 2.75) is 17.5 Å². The molecule has 4 rings (SSSR count). The van der Waals surface area contributed by atoms with E-state index >= 15 is 0 Å². The molecule has 2 aromatic heterocycles. The lowest BCUT2D eigenvalue weighted by molar-refractivity contribution is 0.282. The van der Waals surface area contributed by atoms with Gasteiger partial charge in [-0.15, -0.1) is 15.3 Å². The first-order valence-electron chi connectivity index (χ1n) is 8.41. The summed E-state index contributed by atoms with van der Waals surface area (Å²) in [5.41, 5.74) is 4.76. The van der Waals surface area contributed by atoms with Crippen molar-refractivity contribution in [2.75, 3.05) is 0 Å². The van der Waals surface area contributed by atoms with Gasteiger partial charge >= 0.3 is 0 Å². The van der Waals surface area contributed by atoms with Crippen molar-refractivity contribution in [1.29, 1.82) is 0 Å². The molecule has 8 heteroatoms. The minimum Gasteiger partial charge on any atom is -0.392 e. The number of rotatable bonds is 6. The number of aromatic nitrogens is 6. The lowest BCUT2D eigenvalue weighted by Gasteiger charge is -2.04. The highest BCUT2D eigenvalue weighted by molar-refractivity contribution is 7.98. The monoisotopic (exact) mass is 378 g/mol. The van der Waals surface area contributed by atoms with Crippen LogP contribution in [0.5, 0.6) is 0 Å². The second-order valence-corrected chi connectivity index (χ2v) is 7.03. The number of aliphatic hydroxyl groups excluding tert-OH is 1. The van der Waals surface area contributed by atoms with E-state index < -0.39 is 0 Å². The summed E-state index contributed by atoms with van der Waals surface area (Å²) in [6.45, 7) is 0.0338. The molecule has 0 aliphatic carbocycles. The van der Waals surface area contributed by atoms with Gasteiger partial charge in [-0.3, -0.25) is 0 Å². The summed E-state index contributed by atoms with van der Waals surface area (Å²) in [7, 11) is 1.93. The van der Waals surface area contributed by atoms with Gasteiger partial charge in [0, 0.05) is 18.4 Å². The predicted molar refractivity (Wildman–Crippen MR) is 103 cm³/mol. The molecule has 2 aromatic carbocycles. The van der Waals surface area contributed by atoms with Gasteiger partial charge in [-0.25, -0.2) is 4.68 Å². The van der Waals surface area contributed by atoms with E-state index in [-0.39, 0.29) is 6.61 Å². The second kappa shape index (κ2) is 7.73. The van der Waals surface area contributed by atoms with E-state index in [0.717, 1.165) is 33.4 Å². The van der Waals surface area contributed by atoms with Crippen LogP contribution in [0, 0.1) is 0 Å². The minimum absolute atomic E-state index is 0.0338. The number of benzene rings is 2. The Bertz CT molecular complexity index is 1040. The molecule has 2 heterocycles. The van der Waals surface area contributed by atoms with Gasteiger partial charge in [0.2, 0.25) is 0 Å². The Morgan fingerprint density at radius 2 is 1.89 bits per heavy atom. The van der Waals surface area contributed by atoms with Gasteiger partial charge in [-0.05, 0) is 23.3 Å². The lowest BCUT2D eigenvalue weighted by atomic mass is 10.1. The summed E-state index contributed by atoms with van der Waals surface area (Å²) in [5.74, 6) is 0.796. The van der Waals surface area contributed by atoms with E-state index in [9.17, 15) is 0 Å². The second-order valence-electron chi connectivity index (χ2n) is 6.09. The normalized spacial score (nSPS) is 11.0. The molecule has 4 aromatic rings. The van der Waals surface area contributed by atoms with Gasteiger partial charge in [0.25, 0.3) is 0 Å². The van der Waals surface area contributed by atoms with Crippen LogP contribution in [-0.2, 0) is 19.4 Å². The van der Waals surface area contributed by atoms with Gasteiger partial charge in [-0.2, -0.15) is 0 Å². The van der Waals surface area contributed by atoms with Crippen LogP contribution in [0.3, 0.4) is 0 Å². The van der Waals surface area contributed by atoms with Crippen LogP contribution in [0.2, 0.25) is 0 Å². The van der Waals surface area contributed by atoms with Crippen LogP contribution in [0.1, 0.15) is 11.1 Å². The largest absolute Gasteiger partial charge is 0.392 e. The molecule has 0 aliphatic rings. The summed E-state index contributed by atoms with van der Waals surface area (Å²) < 4.78 is 3.67. The number of aryl methyl sites for hydroxylation is 1. The zero-order chi connectivity index (χ0) is 18.6. The van der Waals surface area contributed by atoms with Crippen LogP contribution < -0.4 is 0 Å². The topological polar surface area (TPSA) is 81.7 Å². The third-order valence-corrected chi connectivity index (χ3v) is 5.24. The maximum Gasteiger partial charge on any atom is 0.191 e. The van der Waals surface area contributed by atoms with Crippen LogP contribution in [0.25, 0.3) is 16.9 Å². The first-order chi connectivity index (χ1) is 13.2. The molecule has 1 N–H and O–H groups in total. The summed E-state index contributed by atoms with van der Waals surface area (Å²) in [6, 6.07) is 15.8. The molecule has 7 nitrogen and oxygen atoms in total. The van der Waals surface area contributed by atoms with E-state index in [1.807, 2.05) is 54.2 Å². The molecule has 0 bridgehead atoms. The Balaban J connectivity index is 1.51. The zero-order valence-electron chi connectivity index (χ0n) is 14.7. The summed E-state index contributed by atoms with van der Waals surface area (Å²) in [4.78, 5) is 0. The van der Waals surface area contributed by atoms with Crippen LogP contribution in [0.4, 0.5) is 0 Å². The molecule has 0 saturated carbocycles. The SMILES string of the molecule is Cn1cnnc1SCc1cccc(-n2cc(-c3ccc(CO)cc3)nn2)c1. The molecule has 0 spiro atoms. The number of thioether (sulfide) groups is 1. The molecule has 0 aliphatic heterocycles. The third-order valence-electron chi connectivity index (χ3n) is 4.14.